The molecule has 2 radical (unpaired) electrons. The SMILES string of the molecule is CN(C)CCC1=CCC(c2[c-]c3c(cc2)-c2ccccc2C3)=C1.C[SiH]C.[Cl-].[Cl-].[Zr+3]. The van der Waals surface area contributed by atoms with Gasteiger partial charge in [-0.1, -0.05) is 66.2 Å². The summed E-state index contributed by atoms with van der Waals surface area (Å²) in [5, 5.41) is 0. The van der Waals surface area contributed by atoms with Crippen LogP contribution in [-0.2, 0) is 32.6 Å². The van der Waals surface area contributed by atoms with Crippen molar-refractivity contribution in [1.82, 2.24) is 4.90 Å². The molecule has 0 spiro atoms. The molecular formula is C24H29Cl2NSiZr. The van der Waals surface area contributed by atoms with Crippen LogP contribution in [0.2, 0.25) is 13.1 Å². The van der Waals surface area contributed by atoms with Crippen LogP contribution < -0.4 is 24.8 Å². The number of benzene rings is 2. The number of fused-ring (bicyclic) bond motifs is 3. The van der Waals surface area contributed by atoms with Gasteiger partial charge in [-0.25, -0.2) is 0 Å². The number of hydrogen-bond donors (Lipinski definition) is 0. The first-order valence-corrected chi connectivity index (χ1v) is 11.9. The molecule has 4 rings (SSSR count). The van der Waals surface area contributed by atoms with E-state index in [1.54, 1.807) is 0 Å². The second kappa shape index (κ2) is 13.8. The maximum absolute atomic E-state index is 3.69. The molecule has 29 heavy (non-hydrogen) atoms. The molecule has 0 amide bonds. The number of allylic oxidation sites excluding steroid dienone is 3. The van der Waals surface area contributed by atoms with E-state index >= 15 is 0 Å². The molecule has 0 heterocycles. The van der Waals surface area contributed by atoms with E-state index in [0.29, 0.717) is 0 Å². The van der Waals surface area contributed by atoms with Gasteiger partial charge in [0, 0.05) is 16.1 Å². The van der Waals surface area contributed by atoms with E-state index in [0.717, 1.165) is 35.3 Å². The fraction of sp³-hybridized carbons (Fsp3) is 0.333. The van der Waals surface area contributed by atoms with E-state index in [2.05, 4.69) is 86.7 Å². The zero-order chi connectivity index (χ0) is 18.5. The van der Waals surface area contributed by atoms with Gasteiger partial charge in [0.25, 0.3) is 0 Å². The van der Waals surface area contributed by atoms with Gasteiger partial charge in [-0.2, -0.15) is 0 Å². The Morgan fingerprint density at radius 3 is 2.38 bits per heavy atom. The van der Waals surface area contributed by atoms with Gasteiger partial charge in [0.05, 0.1) is 0 Å². The van der Waals surface area contributed by atoms with E-state index in [4.69, 9.17) is 0 Å². The second-order valence-corrected chi connectivity index (χ2v) is 8.54. The van der Waals surface area contributed by atoms with Crippen LogP contribution in [0, 0.1) is 6.07 Å². The summed E-state index contributed by atoms with van der Waals surface area (Å²) < 4.78 is 0. The molecule has 0 saturated heterocycles. The van der Waals surface area contributed by atoms with Crippen LogP contribution in [0.25, 0.3) is 16.7 Å². The molecule has 1 nitrogen and oxygen atoms in total. The fourth-order valence-electron chi connectivity index (χ4n) is 3.54. The largest absolute Gasteiger partial charge is 3.00 e. The van der Waals surface area contributed by atoms with Crippen LogP contribution in [0.15, 0.2) is 54.1 Å². The van der Waals surface area contributed by atoms with Crippen molar-refractivity contribution in [2.24, 2.45) is 0 Å². The van der Waals surface area contributed by atoms with Crippen LogP contribution in [0.5, 0.6) is 0 Å². The molecule has 0 atom stereocenters. The van der Waals surface area contributed by atoms with Crippen molar-refractivity contribution in [1.29, 1.82) is 0 Å². The van der Waals surface area contributed by atoms with Crippen molar-refractivity contribution in [3.8, 4) is 11.1 Å². The van der Waals surface area contributed by atoms with Crippen molar-refractivity contribution < 1.29 is 51.0 Å². The molecule has 2 aromatic carbocycles. The summed E-state index contributed by atoms with van der Waals surface area (Å²) in [6, 6.07) is 16.9. The Labute approximate surface area is 210 Å². The Morgan fingerprint density at radius 1 is 1.00 bits per heavy atom. The normalized spacial score (nSPS) is 12.9. The van der Waals surface area contributed by atoms with Crippen LogP contribution >= 0.6 is 0 Å². The van der Waals surface area contributed by atoms with Gasteiger partial charge in [0.2, 0.25) is 0 Å². The summed E-state index contributed by atoms with van der Waals surface area (Å²) in [6.45, 7) is 5.53. The summed E-state index contributed by atoms with van der Waals surface area (Å²) in [4.78, 5) is 2.24. The van der Waals surface area contributed by atoms with Crippen molar-refractivity contribution >= 4 is 15.1 Å². The van der Waals surface area contributed by atoms with E-state index in [-0.39, 0.29) is 51.0 Å². The van der Waals surface area contributed by atoms with Gasteiger partial charge < -0.3 is 29.7 Å². The molecule has 2 aromatic rings. The second-order valence-electron chi connectivity index (χ2n) is 7.38. The maximum atomic E-state index is 3.69. The summed E-state index contributed by atoms with van der Waals surface area (Å²) in [6.07, 6.45) is 7.93. The molecule has 0 fully saturated rings. The number of hydrogen-bond acceptors (Lipinski definition) is 1. The van der Waals surface area contributed by atoms with Gasteiger partial charge in [0.15, 0.2) is 0 Å². The summed E-state index contributed by atoms with van der Waals surface area (Å²) in [7, 11) is 5.01. The molecule has 2 aliphatic carbocycles. The van der Waals surface area contributed by atoms with Crippen molar-refractivity contribution in [2.45, 2.75) is 32.4 Å². The molecule has 152 valence electrons. The van der Waals surface area contributed by atoms with Gasteiger partial charge in [-0.05, 0) is 38.9 Å². The summed E-state index contributed by atoms with van der Waals surface area (Å²) in [5.41, 5.74) is 9.68. The minimum atomic E-state index is 0. The summed E-state index contributed by atoms with van der Waals surface area (Å²) >= 11 is 0. The van der Waals surface area contributed by atoms with E-state index < -0.39 is 0 Å². The van der Waals surface area contributed by atoms with Crippen molar-refractivity contribution in [3.05, 3.63) is 76.9 Å². The number of rotatable bonds is 4. The molecule has 2 aliphatic rings. The van der Waals surface area contributed by atoms with E-state index in [9.17, 15) is 0 Å². The first kappa shape index (κ1) is 28.6. The minimum absolute atomic E-state index is 0. The van der Waals surface area contributed by atoms with Crippen LogP contribution in [0.4, 0.5) is 0 Å². The summed E-state index contributed by atoms with van der Waals surface area (Å²) in [5.74, 6) is 0. The van der Waals surface area contributed by atoms with E-state index in [1.165, 1.54) is 39.0 Å². The fourth-order valence-corrected chi connectivity index (χ4v) is 3.54. The molecule has 0 bridgehead atoms. The molecule has 0 N–H and O–H groups in total. The Morgan fingerprint density at radius 2 is 1.69 bits per heavy atom. The van der Waals surface area contributed by atoms with Gasteiger partial charge in [0.1, 0.15) is 0 Å². The number of nitrogens with zero attached hydrogens (tertiary/aromatic N) is 1. The van der Waals surface area contributed by atoms with Gasteiger partial charge >= 0.3 is 26.2 Å². The quantitative estimate of drug-likeness (QED) is 0.323. The third-order valence-electron chi connectivity index (χ3n) is 4.84. The Bertz CT molecular complexity index is 847. The molecule has 0 aromatic heterocycles. The van der Waals surface area contributed by atoms with Crippen molar-refractivity contribution in [3.63, 3.8) is 0 Å². The monoisotopic (exact) mass is 519 g/mol. The topological polar surface area (TPSA) is 3.24 Å². The molecule has 5 heteroatoms. The molecule has 0 saturated carbocycles. The Balaban J connectivity index is 0.00000123. The van der Waals surface area contributed by atoms with Crippen LogP contribution in [0.1, 0.15) is 29.5 Å². The molecular weight excluding hydrogens is 492 g/mol. The first-order chi connectivity index (χ1) is 12.6. The smallest absolute Gasteiger partial charge is 1.00 e. The maximum Gasteiger partial charge on any atom is 3.00 e. The number of halogens is 2. The predicted molar refractivity (Wildman–Crippen MR) is 116 cm³/mol. The van der Waals surface area contributed by atoms with E-state index in [1.807, 2.05) is 0 Å². The van der Waals surface area contributed by atoms with Crippen molar-refractivity contribution in [2.75, 3.05) is 20.6 Å². The third-order valence-corrected chi connectivity index (χ3v) is 4.84. The van der Waals surface area contributed by atoms with Crippen LogP contribution in [0.3, 0.4) is 0 Å². The molecule has 0 aliphatic heterocycles. The van der Waals surface area contributed by atoms with Crippen LogP contribution in [-0.4, -0.2) is 35.1 Å². The Hall–Kier alpha value is -0.440. The standard InChI is InChI=1S/C22H22N.C2H7Si.2ClH.Zr/c1-23(2)12-11-16-7-8-17(13-16)18-9-10-22-20(14-18)15-19-5-3-4-6-21(19)22;1-3-2;;;/h3-7,9-10,13H,8,11-12,15H2,1-2H3;3H,1-2H3;2*1H;/q-1;;;;+3/p-2. The first-order valence-electron chi connectivity index (χ1n) is 9.54. The zero-order valence-corrected chi connectivity index (χ0v) is 22.9. The molecule has 0 unspecified atom stereocenters. The zero-order valence-electron chi connectivity index (χ0n) is 17.7. The van der Waals surface area contributed by atoms with Gasteiger partial charge in [-0.15, -0.1) is 34.9 Å². The average molecular weight is 522 g/mol. The van der Waals surface area contributed by atoms with Gasteiger partial charge in [-0.3, -0.25) is 0 Å². The average Bonchev–Trinajstić information content (AvgIpc) is 3.24. The minimum Gasteiger partial charge on any atom is -1.00 e. The Kier molecular flexibility index (Phi) is 13.6. The predicted octanol–water partition coefficient (Wildman–Crippen LogP) is -0.752. The third kappa shape index (κ3) is 7.33.